The van der Waals surface area contributed by atoms with Crippen molar-refractivity contribution in [2.45, 2.75) is 51.0 Å². The minimum absolute atomic E-state index is 0.0229. The lowest BCUT2D eigenvalue weighted by Gasteiger charge is -2.29. The third-order valence-electron chi connectivity index (χ3n) is 4.23. The fourth-order valence-electron chi connectivity index (χ4n) is 2.91. The summed E-state index contributed by atoms with van der Waals surface area (Å²) < 4.78 is 11.0. The maximum absolute atomic E-state index is 11.9. The van der Waals surface area contributed by atoms with Gasteiger partial charge >= 0.3 is 5.97 Å². The predicted octanol–water partition coefficient (Wildman–Crippen LogP) is 1.97. The van der Waals surface area contributed by atoms with Crippen LogP contribution < -0.4 is 0 Å². The van der Waals surface area contributed by atoms with E-state index in [0.717, 1.165) is 52.1 Å². The lowest BCUT2D eigenvalue weighted by Crippen LogP contribution is -2.38. The number of carbonyl (C=O) groups is 1. The van der Waals surface area contributed by atoms with E-state index in [4.69, 9.17) is 9.47 Å². The van der Waals surface area contributed by atoms with Gasteiger partial charge in [0.2, 0.25) is 0 Å². The molecule has 1 saturated carbocycles. The van der Waals surface area contributed by atoms with Gasteiger partial charge in [-0.3, -0.25) is 9.69 Å². The number of carbonyl (C=O) groups excluding carboxylic acids is 1. The van der Waals surface area contributed by atoms with Gasteiger partial charge in [0.05, 0.1) is 19.6 Å². The molecule has 1 aliphatic carbocycles. The largest absolute Gasteiger partial charge is 0.459 e. The van der Waals surface area contributed by atoms with Crippen LogP contribution in [-0.2, 0) is 14.3 Å². The number of rotatable bonds is 5. The summed E-state index contributed by atoms with van der Waals surface area (Å²) in [4.78, 5) is 14.2. The van der Waals surface area contributed by atoms with E-state index in [9.17, 15) is 4.79 Å². The topological polar surface area (TPSA) is 38.8 Å². The molecular formula is C14H25NO3. The predicted molar refractivity (Wildman–Crippen MR) is 69.5 cm³/mol. The van der Waals surface area contributed by atoms with E-state index >= 15 is 0 Å². The van der Waals surface area contributed by atoms with Crippen LogP contribution in [0.1, 0.15) is 45.4 Å². The molecule has 0 spiro atoms. The lowest BCUT2D eigenvalue weighted by atomic mass is 9.99. The van der Waals surface area contributed by atoms with Gasteiger partial charge in [0.15, 0.2) is 0 Å². The molecular weight excluding hydrogens is 230 g/mol. The maximum atomic E-state index is 11.9. The van der Waals surface area contributed by atoms with E-state index in [2.05, 4.69) is 11.8 Å². The molecule has 4 heteroatoms. The quantitative estimate of drug-likeness (QED) is 0.704. The zero-order valence-electron chi connectivity index (χ0n) is 11.5. The summed E-state index contributed by atoms with van der Waals surface area (Å²) in [5.41, 5.74) is -0.137. The van der Waals surface area contributed by atoms with Crippen LogP contribution in [0.25, 0.3) is 0 Å². The number of morpholine rings is 1. The van der Waals surface area contributed by atoms with Crippen LogP contribution in [-0.4, -0.2) is 49.3 Å². The van der Waals surface area contributed by atoms with Crippen molar-refractivity contribution in [3.63, 3.8) is 0 Å². The molecule has 0 aromatic carbocycles. The summed E-state index contributed by atoms with van der Waals surface area (Å²) in [5.74, 6) is -0.0229. The fourth-order valence-corrected chi connectivity index (χ4v) is 2.91. The molecule has 0 aromatic rings. The molecule has 0 N–H and O–H groups in total. The van der Waals surface area contributed by atoms with Gasteiger partial charge in [-0.05, 0) is 32.1 Å². The van der Waals surface area contributed by atoms with Crippen molar-refractivity contribution in [3.05, 3.63) is 0 Å². The highest BCUT2D eigenvalue weighted by Crippen LogP contribution is 2.36. The zero-order valence-corrected chi connectivity index (χ0v) is 11.5. The summed E-state index contributed by atoms with van der Waals surface area (Å²) in [7, 11) is 0. The SMILES string of the molecule is CCC1(OC(=O)CCN2CCOCC2)CCCC1. The molecule has 18 heavy (non-hydrogen) atoms. The van der Waals surface area contributed by atoms with Crippen LogP contribution in [0, 0.1) is 0 Å². The molecule has 2 rings (SSSR count). The molecule has 4 nitrogen and oxygen atoms in total. The number of ether oxygens (including phenoxy) is 2. The third-order valence-corrected chi connectivity index (χ3v) is 4.23. The Morgan fingerprint density at radius 3 is 2.56 bits per heavy atom. The van der Waals surface area contributed by atoms with Gasteiger partial charge < -0.3 is 9.47 Å². The minimum atomic E-state index is -0.137. The van der Waals surface area contributed by atoms with Crippen LogP contribution in [0.5, 0.6) is 0 Å². The molecule has 0 bridgehead atoms. The van der Waals surface area contributed by atoms with E-state index in [1.165, 1.54) is 12.8 Å². The van der Waals surface area contributed by atoms with Gasteiger partial charge in [0.25, 0.3) is 0 Å². The van der Waals surface area contributed by atoms with Gasteiger partial charge in [-0.2, -0.15) is 0 Å². The van der Waals surface area contributed by atoms with Crippen LogP contribution in [0.15, 0.2) is 0 Å². The van der Waals surface area contributed by atoms with Crippen molar-refractivity contribution < 1.29 is 14.3 Å². The number of hydrogen-bond acceptors (Lipinski definition) is 4. The second-order valence-corrected chi connectivity index (χ2v) is 5.42. The first-order valence-corrected chi connectivity index (χ1v) is 7.26. The lowest BCUT2D eigenvalue weighted by molar-refractivity contribution is -0.160. The van der Waals surface area contributed by atoms with E-state index < -0.39 is 0 Å². The molecule has 0 radical (unpaired) electrons. The highest BCUT2D eigenvalue weighted by Gasteiger charge is 2.35. The van der Waals surface area contributed by atoms with Crippen molar-refractivity contribution in [2.24, 2.45) is 0 Å². The van der Waals surface area contributed by atoms with Crippen molar-refractivity contribution in [1.29, 1.82) is 0 Å². The van der Waals surface area contributed by atoms with Gasteiger partial charge in [0, 0.05) is 19.6 Å². The normalized spacial score (nSPS) is 24.1. The van der Waals surface area contributed by atoms with Crippen LogP contribution in [0.2, 0.25) is 0 Å². The van der Waals surface area contributed by atoms with Gasteiger partial charge in [-0.25, -0.2) is 0 Å². The monoisotopic (exact) mass is 255 g/mol. The highest BCUT2D eigenvalue weighted by molar-refractivity contribution is 5.70. The average molecular weight is 255 g/mol. The maximum Gasteiger partial charge on any atom is 0.307 e. The second-order valence-electron chi connectivity index (χ2n) is 5.42. The van der Waals surface area contributed by atoms with E-state index in [1.54, 1.807) is 0 Å². The van der Waals surface area contributed by atoms with Gasteiger partial charge in [-0.1, -0.05) is 6.92 Å². The van der Waals surface area contributed by atoms with E-state index in [1.807, 2.05) is 0 Å². The highest BCUT2D eigenvalue weighted by atomic mass is 16.6. The molecule has 104 valence electrons. The first-order chi connectivity index (χ1) is 8.74. The van der Waals surface area contributed by atoms with E-state index in [-0.39, 0.29) is 11.6 Å². The van der Waals surface area contributed by atoms with Crippen molar-refractivity contribution in [3.8, 4) is 0 Å². The summed E-state index contributed by atoms with van der Waals surface area (Å²) >= 11 is 0. The summed E-state index contributed by atoms with van der Waals surface area (Å²) in [5, 5.41) is 0. The Morgan fingerprint density at radius 1 is 1.28 bits per heavy atom. The van der Waals surface area contributed by atoms with E-state index in [0.29, 0.717) is 6.42 Å². The Labute approximate surface area is 110 Å². The number of hydrogen-bond donors (Lipinski definition) is 0. The van der Waals surface area contributed by atoms with Crippen molar-refractivity contribution >= 4 is 5.97 Å². The molecule has 0 unspecified atom stereocenters. The average Bonchev–Trinajstić information content (AvgIpc) is 2.87. The molecule has 2 aliphatic rings. The first kappa shape index (κ1) is 13.8. The Morgan fingerprint density at radius 2 is 1.94 bits per heavy atom. The van der Waals surface area contributed by atoms with Crippen molar-refractivity contribution in [2.75, 3.05) is 32.8 Å². The first-order valence-electron chi connectivity index (χ1n) is 7.26. The van der Waals surface area contributed by atoms with Crippen LogP contribution in [0.4, 0.5) is 0 Å². The zero-order chi connectivity index (χ0) is 12.8. The molecule has 1 saturated heterocycles. The molecule has 0 amide bonds. The summed E-state index contributed by atoms with van der Waals surface area (Å²) in [6.45, 7) is 6.38. The Kier molecular flexibility index (Phi) is 5.01. The summed E-state index contributed by atoms with van der Waals surface area (Å²) in [6.07, 6.45) is 5.97. The molecule has 2 fully saturated rings. The number of esters is 1. The Balaban J connectivity index is 1.70. The Hall–Kier alpha value is -0.610. The van der Waals surface area contributed by atoms with Crippen molar-refractivity contribution in [1.82, 2.24) is 4.90 Å². The standard InChI is InChI=1S/C14H25NO3/c1-2-14(6-3-4-7-14)18-13(16)5-8-15-9-11-17-12-10-15/h2-12H2,1H3. The molecule has 0 aromatic heterocycles. The molecule has 1 heterocycles. The molecule has 1 aliphatic heterocycles. The minimum Gasteiger partial charge on any atom is -0.459 e. The third kappa shape index (κ3) is 3.69. The second kappa shape index (κ2) is 6.53. The van der Waals surface area contributed by atoms with Gasteiger partial charge in [-0.15, -0.1) is 0 Å². The Bertz CT molecular complexity index is 268. The van der Waals surface area contributed by atoms with Gasteiger partial charge in [0.1, 0.15) is 5.60 Å². The molecule has 0 atom stereocenters. The number of nitrogens with zero attached hydrogens (tertiary/aromatic N) is 1. The smallest absolute Gasteiger partial charge is 0.307 e. The summed E-state index contributed by atoms with van der Waals surface area (Å²) in [6, 6.07) is 0. The van der Waals surface area contributed by atoms with Crippen LogP contribution >= 0.6 is 0 Å². The van der Waals surface area contributed by atoms with Crippen LogP contribution in [0.3, 0.4) is 0 Å². The fraction of sp³-hybridized carbons (Fsp3) is 0.929.